The summed E-state index contributed by atoms with van der Waals surface area (Å²) in [5, 5.41) is 0. The molecule has 0 aliphatic heterocycles. The van der Waals surface area contributed by atoms with E-state index in [1.165, 1.54) is 159 Å². The van der Waals surface area contributed by atoms with Crippen molar-refractivity contribution < 1.29 is 4.48 Å². The molecule has 0 bridgehead atoms. The van der Waals surface area contributed by atoms with Crippen molar-refractivity contribution >= 4 is 17.0 Å². The fourth-order valence-corrected chi connectivity index (χ4v) is 4.84. The van der Waals surface area contributed by atoms with Crippen molar-refractivity contribution in [2.45, 2.75) is 156 Å². The SMILES string of the molecule is Br.CCCCCCCCCCCC[N+](CC)(CC)CCCCCCCCCCCC. The summed E-state index contributed by atoms with van der Waals surface area (Å²) < 4.78 is 1.38. The third-order valence-corrected chi connectivity index (χ3v) is 7.31. The zero-order valence-corrected chi connectivity index (χ0v) is 23.5. The predicted octanol–water partition coefficient (Wildman–Crippen LogP) is 10.3. The van der Waals surface area contributed by atoms with E-state index in [1.807, 2.05) is 0 Å². The average molecular weight is 492 g/mol. The predicted molar refractivity (Wildman–Crippen MR) is 145 cm³/mol. The van der Waals surface area contributed by atoms with Crippen LogP contribution in [0.25, 0.3) is 0 Å². The van der Waals surface area contributed by atoms with Gasteiger partial charge in [0.25, 0.3) is 0 Å². The van der Waals surface area contributed by atoms with Crippen molar-refractivity contribution in [2.75, 3.05) is 26.2 Å². The van der Waals surface area contributed by atoms with Crippen molar-refractivity contribution in [1.29, 1.82) is 0 Å². The van der Waals surface area contributed by atoms with E-state index < -0.39 is 0 Å². The molecule has 0 radical (unpaired) electrons. The molecule has 0 saturated heterocycles. The van der Waals surface area contributed by atoms with Gasteiger partial charge in [0.15, 0.2) is 0 Å². The number of hydrogen-bond acceptors (Lipinski definition) is 0. The highest BCUT2D eigenvalue weighted by Gasteiger charge is 2.21. The van der Waals surface area contributed by atoms with Crippen LogP contribution in [0.2, 0.25) is 0 Å². The van der Waals surface area contributed by atoms with Gasteiger partial charge >= 0.3 is 0 Å². The van der Waals surface area contributed by atoms with E-state index in [0.29, 0.717) is 0 Å². The Hall–Kier alpha value is 0.440. The second-order valence-electron chi connectivity index (χ2n) is 9.79. The van der Waals surface area contributed by atoms with Gasteiger partial charge in [-0.25, -0.2) is 0 Å². The molecule has 0 N–H and O–H groups in total. The molecule has 0 aliphatic rings. The zero-order chi connectivity index (χ0) is 21.5. The molecule has 0 unspecified atom stereocenters. The molecule has 0 saturated carbocycles. The van der Waals surface area contributed by atoms with E-state index in [0.717, 1.165) is 0 Å². The van der Waals surface area contributed by atoms with Gasteiger partial charge < -0.3 is 4.48 Å². The van der Waals surface area contributed by atoms with Crippen LogP contribution in [0.3, 0.4) is 0 Å². The van der Waals surface area contributed by atoms with Gasteiger partial charge in [-0.05, 0) is 39.5 Å². The van der Waals surface area contributed by atoms with Crippen molar-refractivity contribution in [1.82, 2.24) is 0 Å². The summed E-state index contributed by atoms with van der Waals surface area (Å²) in [4.78, 5) is 0. The fraction of sp³-hybridized carbons (Fsp3) is 1.00. The summed E-state index contributed by atoms with van der Waals surface area (Å²) >= 11 is 0. The van der Waals surface area contributed by atoms with Crippen molar-refractivity contribution in [3.8, 4) is 0 Å². The van der Waals surface area contributed by atoms with E-state index in [-0.39, 0.29) is 17.0 Å². The Labute approximate surface area is 203 Å². The van der Waals surface area contributed by atoms with E-state index in [4.69, 9.17) is 0 Å². The number of unbranched alkanes of at least 4 members (excludes halogenated alkanes) is 18. The van der Waals surface area contributed by atoms with E-state index in [1.54, 1.807) is 0 Å². The van der Waals surface area contributed by atoms with Crippen molar-refractivity contribution in [3.63, 3.8) is 0 Å². The largest absolute Gasteiger partial charge is 0.324 e. The number of rotatable bonds is 24. The van der Waals surface area contributed by atoms with Gasteiger partial charge in [-0.15, -0.1) is 17.0 Å². The van der Waals surface area contributed by atoms with E-state index >= 15 is 0 Å². The molecular formula is C28H61BrN+. The maximum absolute atomic E-state index is 2.43. The summed E-state index contributed by atoms with van der Waals surface area (Å²) in [7, 11) is 0. The molecule has 1 nitrogen and oxygen atoms in total. The Morgan fingerprint density at radius 3 is 0.800 bits per heavy atom. The molecular weight excluding hydrogens is 430 g/mol. The first kappa shape index (κ1) is 32.6. The molecule has 184 valence electrons. The van der Waals surface area contributed by atoms with Crippen LogP contribution in [0.1, 0.15) is 156 Å². The highest BCUT2D eigenvalue weighted by molar-refractivity contribution is 8.93. The molecule has 0 rings (SSSR count). The van der Waals surface area contributed by atoms with Gasteiger partial charge in [0.2, 0.25) is 0 Å². The highest BCUT2D eigenvalue weighted by Crippen LogP contribution is 2.16. The Morgan fingerprint density at radius 1 is 0.333 bits per heavy atom. The Balaban J connectivity index is 0. The fourth-order valence-electron chi connectivity index (χ4n) is 4.84. The molecule has 30 heavy (non-hydrogen) atoms. The Morgan fingerprint density at radius 2 is 0.567 bits per heavy atom. The lowest BCUT2D eigenvalue weighted by atomic mass is 10.1. The summed E-state index contributed by atoms with van der Waals surface area (Å²) in [5.41, 5.74) is 0. The minimum absolute atomic E-state index is 0. The minimum atomic E-state index is 0. The number of hydrogen-bond donors (Lipinski definition) is 0. The molecule has 0 aromatic carbocycles. The van der Waals surface area contributed by atoms with Gasteiger partial charge in [-0.2, -0.15) is 0 Å². The molecule has 0 heterocycles. The maximum atomic E-state index is 2.43. The first-order chi connectivity index (χ1) is 14.2. The first-order valence-corrected chi connectivity index (χ1v) is 14.1. The number of halogens is 1. The molecule has 0 aromatic rings. The standard InChI is InChI=1S/C28H60N.BrH/c1-5-9-11-13-15-17-19-21-23-25-27-29(7-3,8-4)28-26-24-22-20-18-16-14-12-10-6-2;/h5-28H2,1-4H3;1H/q+1;. The molecule has 0 aromatic heterocycles. The molecule has 2 heteroatoms. The van der Waals surface area contributed by atoms with Gasteiger partial charge in [0, 0.05) is 0 Å². The average Bonchev–Trinajstić information content (AvgIpc) is 2.75. The smallest absolute Gasteiger partial charge is 0.0786 e. The molecule has 0 aliphatic carbocycles. The summed E-state index contributed by atoms with van der Waals surface area (Å²) in [6, 6.07) is 0. The zero-order valence-electron chi connectivity index (χ0n) is 21.8. The topological polar surface area (TPSA) is 0 Å². The quantitative estimate of drug-likeness (QED) is 0.0930. The summed E-state index contributed by atoms with van der Waals surface area (Å²) in [6.07, 6.45) is 29.1. The van der Waals surface area contributed by atoms with Crippen LogP contribution in [0.15, 0.2) is 0 Å². The Kier molecular flexibility index (Phi) is 27.9. The van der Waals surface area contributed by atoms with Gasteiger partial charge in [0.1, 0.15) is 0 Å². The van der Waals surface area contributed by atoms with Crippen LogP contribution in [0.5, 0.6) is 0 Å². The number of nitrogens with zero attached hydrogens (tertiary/aromatic N) is 1. The third kappa shape index (κ3) is 20.3. The summed E-state index contributed by atoms with van der Waals surface area (Å²) in [5.74, 6) is 0. The van der Waals surface area contributed by atoms with Crippen LogP contribution in [0.4, 0.5) is 0 Å². The lowest BCUT2D eigenvalue weighted by Crippen LogP contribution is -2.49. The first-order valence-electron chi connectivity index (χ1n) is 14.1. The van der Waals surface area contributed by atoms with Gasteiger partial charge in [-0.3, -0.25) is 0 Å². The van der Waals surface area contributed by atoms with Crippen LogP contribution in [-0.4, -0.2) is 30.7 Å². The summed E-state index contributed by atoms with van der Waals surface area (Å²) in [6.45, 7) is 15.0. The monoisotopic (exact) mass is 490 g/mol. The third-order valence-electron chi connectivity index (χ3n) is 7.31. The van der Waals surface area contributed by atoms with Gasteiger partial charge in [0.05, 0.1) is 26.2 Å². The van der Waals surface area contributed by atoms with Crippen molar-refractivity contribution in [2.24, 2.45) is 0 Å². The highest BCUT2D eigenvalue weighted by atomic mass is 79.9. The molecule has 0 spiro atoms. The van der Waals surface area contributed by atoms with Gasteiger partial charge in [-0.1, -0.05) is 117 Å². The Bertz CT molecular complexity index is 275. The van der Waals surface area contributed by atoms with E-state index in [9.17, 15) is 0 Å². The van der Waals surface area contributed by atoms with Crippen molar-refractivity contribution in [3.05, 3.63) is 0 Å². The molecule has 0 atom stereocenters. The minimum Gasteiger partial charge on any atom is -0.324 e. The van der Waals surface area contributed by atoms with Crippen LogP contribution in [0, 0.1) is 0 Å². The molecule has 0 fully saturated rings. The number of quaternary nitrogens is 1. The second kappa shape index (κ2) is 25.7. The van der Waals surface area contributed by atoms with Crippen LogP contribution >= 0.6 is 17.0 Å². The maximum Gasteiger partial charge on any atom is 0.0786 e. The lowest BCUT2D eigenvalue weighted by molar-refractivity contribution is -0.925. The van der Waals surface area contributed by atoms with Crippen LogP contribution in [-0.2, 0) is 0 Å². The molecule has 0 amide bonds. The normalized spacial score (nSPS) is 11.6. The van der Waals surface area contributed by atoms with E-state index in [2.05, 4.69) is 27.7 Å². The lowest BCUT2D eigenvalue weighted by Gasteiger charge is -2.37. The second-order valence-corrected chi connectivity index (χ2v) is 9.79. The van der Waals surface area contributed by atoms with Crippen LogP contribution < -0.4 is 0 Å².